The number of fused-ring (bicyclic) bond motifs is 1. The Morgan fingerprint density at radius 2 is 1.73 bits per heavy atom. The van der Waals surface area contributed by atoms with Gasteiger partial charge in [-0.3, -0.25) is 0 Å². The SMILES string of the molecule is CCCCCCCCC(CCC1CCC2OC2C1)C(C)(C)Cl. The van der Waals surface area contributed by atoms with Gasteiger partial charge in [0.1, 0.15) is 0 Å². The number of rotatable bonds is 11. The van der Waals surface area contributed by atoms with E-state index in [-0.39, 0.29) is 4.87 Å². The number of ether oxygens (including phenoxy) is 1. The van der Waals surface area contributed by atoms with E-state index in [9.17, 15) is 0 Å². The molecule has 1 heterocycles. The standard InChI is InChI=1S/C20H37ClO/c1-4-5-6-7-8-9-10-17(20(2,3)21)13-11-16-12-14-18-19(15-16)22-18/h16-19H,4-15H2,1-3H3. The van der Waals surface area contributed by atoms with Gasteiger partial charge < -0.3 is 4.74 Å². The molecule has 0 aromatic carbocycles. The van der Waals surface area contributed by atoms with Gasteiger partial charge in [0.25, 0.3) is 0 Å². The smallest absolute Gasteiger partial charge is 0.0844 e. The Morgan fingerprint density at radius 3 is 2.41 bits per heavy atom. The average molecular weight is 329 g/mol. The Morgan fingerprint density at radius 1 is 1.00 bits per heavy atom. The van der Waals surface area contributed by atoms with Crippen molar-refractivity contribution in [1.82, 2.24) is 0 Å². The zero-order valence-corrected chi connectivity index (χ0v) is 15.8. The van der Waals surface area contributed by atoms with Crippen molar-refractivity contribution in [3.63, 3.8) is 0 Å². The molecule has 0 radical (unpaired) electrons. The van der Waals surface area contributed by atoms with E-state index in [0.717, 1.165) is 5.92 Å². The van der Waals surface area contributed by atoms with Gasteiger partial charge in [-0.25, -0.2) is 0 Å². The Balaban J connectivity index is 1.63. The van der Waals surface area contributed by atoms with E-state index in [4.69, 9.17) is 16.3 Å². The quantitative estimate of drug-likeness (QED) is 0.233. The van der Waals surface area contributed by atoms with Gasteiger partial charge in [-0.1, -0.05) is 51.9 Å². The molecule has 130 valence electrons. The number of unbranched alkanes of at least 4 members (excludes halogenated alkanes) is 5. The Hall–Kier alpha value is 0.250. The minimum absolute atomic E-state index is 0.0449. The molecule has 0 bridgehead atoms. The van der Waals surface area contributed by atoms with Crippen LogP contribution in [0.3, 0.4) is 0 Å². The van der Waals surface area contributed by atoms with Crippen LogP contribution in [0.2, 0.25) is 0 Å². The van der Waals surface area contributed by atoms with Gasteiger partial charge in [0, 0.05) is 4.87 Å². The predicted molar refractivity (Wildman–Crippen MR) is 96.7 cm³/mol. The lowest BCUT2D eigenvalue weighted by molar-refractivity contribution is 0.283. The van der Waals surface area contributed by atoms with Crippen LogP contribution in [0.4, 0.5) is 0 Å². The lowest BCUT2D eigenvalue weighted by Crippen LogP contribution is -2.26. The van der Waals surface area contributed by atoms with Gasteiger partial charge in [-0.2, -0.15) is 0 Å². The molecule has 1 saturated heterocycles. The normalized spacial score (nSPS) is 29.2. The van der Waals surface area contributed by atoms with E-state index in [1.807, 2.05) is 0 Å². The van der Waals surface area contributed by atoms with Gasteiger partial charge in [0.2, 0.25) is 0 Å². The van der Waals surface area contributed by atoms with Crippen LogP contribution in [0.1, 0.15) is 97.8 Å². The number of epoxide rings is 1. The van der Waals surface area contributed by atoms with Crippen LogP contribution in [0.25, 0.3) is 0 Å². The predicted octanol–water partition coefficient (Wildman–Crippen LogP) is 6.72. The molecule has 0 amide bonds. The molecule has 2 rings (SSSR count). The minimum atomic E-state index is -0.0449. The summed E-state index contributed by atoms with van der Waals surface area (Å²) in [7, 11) is 0. The van der Waals surface area contributed by atoms with Gasteiger partial charge in [-0.15, -0.1) is 11.6 Å². The first-order valence-corrected chi connectivity index (χ1v) is 10.2. The third-order valence-corrected chi connectivity index (χ3v) is 6.22. The van der Waals surface area contributed by atoms with Crippen LogP contribution in [0.5, 0.6) is 0 Å². The second-order valence-electron chi connectivity index (χ2n) is 8.29. The molecule has 4 unspecified atom stereocenters. The number of hydrogen-bond acceptors (Lipinski definition) is 1. The highest BCUT2D eigenvalue weighted by Gasteiger charge is 2.43. The molecule has 2 fully saturated rings. The fourth-order valence-electron chi connectivity index (χ4n) is 4.19. The highest BCUT2D eigenvalue weighted by atomic mass is 35.5. The molecule has 1 aliphatic carbocycles. The molecule has 0 N–H and O–H groups in total. The fourth-order valence-corrected chi connectivity index (χ4v) is 4.41. The summed E-state index contributed by atoms with van der Waals surface area (Å²) in [6.07, 6.45) is 17.6. The molecule has 4 atom stereocenters. The number of alkyl halides is 1. The molecule has 0 aromatic heterocycles. The van der Waals surface area contributed by atoms with Crippen LogP contribution in [0.15, 0.2) is 0 Å². The van der Waals surface area contributed by atoms with Crippen LogP contribution < -0.4 is 0 Å². The molecule has 0 spiro atoms. The average Bonchev–Trinajstić information content (AvgIpc) is 3.22. The first-order chi connectivity index (χ1) is 10.5. The van der Waals surface area contributed by atoms with Crippen LogP contribution in [-0.2, 0) is 4.74 Å². The number of hydrogen-bond donors (Lipinski definition) is 0. The number of halogens is 1. The van der Waals surface area contributed by atoms with Gasteiger partial charge in [0.15, 0.2) is 0 Å². The summed E-state index contributed by atoms with van der Waals surface area (Å²) < 4.78 is 5.67. The van der Waals surface area contributed by atoms with Crippen molar-refractivity contribution < 1.29 is 4.74 Å². The van der Waals surface area contributed by atoms with Crippen molar-refractivity contribution in [2.45, 2.75) is 115 Å². The summed E-state index contributed by atoms with van der Waals surface area (Å²) >= 11 is 6.69. The summed E-state index contributed by atoms with van der Waals surface area (Å²) in [6, 6.07) is 0. The lowest BCUT2D eigenvalue weighted by atomic mass is 9.80. The van der Waals surface area contributed by atoms with E-state index < -0.39 is 0 Å². The monoisotopic (exact) mass is 328 g/mol. The molecular formula is C20H37ClO. The summed E-state index contributed by atoms with van der Waals surface area (Å²) in [5.74, 6) is 1.58. The van der Waals surface area contributed by atoms with Gasteiger partial charge in [-0.05, 0) is 57.8 Å². The summed E-state index contributed by atoms with van der Waals surface area (Å²) in [5, 5.41) is 0. The van der Waals surface area contributed by atoms with Crippen LogP contribution in [-0.4, -0.2) is 17.1 Å². The zero-order valence-electron chi connectivity index (χ0n) is 15.1. The second kappa shape index (κ2) is 8.92. The van der Waals surface area contributed by atoms with Crippen molar-refractivity contribution >= 4 is 11.6 Å². The minimum Gasteiger partial charge on any atom is -0.370 e. The van der Waals surface area contributed by atoms with E-state index in [1.54, 1.807) is 0 Å². The topological polar surface area (TPSA) is 12.5 Å². The van der Waals surface area contributed by atoms with Gasteiger partial charge >= 0.3 is 0 Å². The molecule has 1 aliphatic heterocycles. The molecule has 0 aromatic rings. The van der Waals surface area contributed by atoms with E-state index >= 15 is 0 Å². The fraction of sp³-hybridized carbons (Fsp3) is 1.00. The van der Waals surface area contributed by atoms with Crippen molar-refractivity contribution in [2.75, 3.05) is 0 Å². The zero-order chi connectivity index (χ0) is 16.0. The van der Waals surface area contributed by atoms with Gasteiger partial charge in [0.05, 0.1) is 12.2 Å². The molecule has 1 nitrogen and oxygen atoms in total. The van der Waals surface area contributed by atoms with Crippen molar-refractivity contribution in [2.24, 2.45) is 11.8 Å². The molecule has 1 saturated carbocycles. The third kappa shape index (κ3) is 6.40. The lowest BCUT2D eigenvalue weighted by Gasteiger charge is -2.30. The second-order valence-corrected chi connectivity index (χ2v) is 9.26. The Bertz CT molecular complexity index is 309. The summed E-state index contributed by atoms with van der Waals surface area (Å²) in [4.78, 5) is -0.0449. The highest BCUT2D eigenvalue weighted by molar-refractivity contribution is 6.23. The van der Waals surface area contributed by atoms with Crippen molar-refractivity contribution in [3.8, 4) is 0 Å². The molecule has 22 heavy (non-hydrogen) atoms. The van der Waals surface area contributed by atoms with Crippen LogP contribution in [0, 0.1) is 11.8 Å². The summed E-state index contributed by atoms with van der Waals surface area (Å²) in [6.45, 7) is 6.72. The Kier molecular flexibility index (Phi) is 7.54. The molecule has 2 heteroatoms. The highest BCUT2D eigenvalue weighted by Crippen LogP contribution is 2.42. The van der Waals surface area contributed by atoms with E-state index in [1.165, 1.54) is 77.0 Å². The maximum atomic E-state index is 6.69. The van der Waals surface area contributed by atoms with Crippen molar-refractivity contribution in [3.05, 3.63) is 0 Å². The van der Waals surface area contributed by atoms with Crippen LogP contribution >= 0.6 is 11.6 Å². The summed E-state index contributed by atoms with van der Waals surface area (Å²) in [5.41, 5.74) is 0. The first-order valence-electron chi connectivity index (χ1n) is 9.85. The third-order valence-electron chi connectivity index (χ3n) is 5.91. The Labute approximate surface area is 143 Å². The first kappa shape index (κ1) is 18.6. The largest absolute Gasteiger partial charge is 0.370 e. The molecular weight excluding hydrogens is 292 g/mol. The maximum absolute atomic E-state index is 6.69. The van der Waals surface area contributed by atoms with Crippen molar-refractivity contribution in [1.29, 1.82) is 0 Å². The van der Waals surface area contributed by atoms with E-state index in [2.05, 4.69) is 20.8 Å². The van der Waals surface area contributed by atoms with E-state index in [0.29, 0.717) is 18.1 Å². The molecule has 2 aliphatic rings. The maximum Gasteiger partial charge on any atom is 0.0844 e.